The molecule has 1 saturated heterocycles. The van der Waals surface area contributed by atoms with E-state index >= 15 is 0 Å². The molecule has 1 aliphatic carbocycles. The van der Waals surface area contributed by atoms with Gasteiger partial charge in [0.2, 0.25) is 0 Å². The summed E-state index contributed by atoms with van der Waals surface area (Å²) in [4.78, 5) is 0. The van der Waals surface area contributed by atoms with Gasteiger partial charge in [0.1, 0.15) is 0 Å². The fraction of sp³-hybridized carbons (Fsp3) is 1.00. The highest BCUT2D eigenvalue weighted by molar-refractivity contribution is 4.90. The van der Waals surface area contributed by atoms with E-state index in [0.29, 0.717) is 6.61 Å². The van der Waals surface area contributed by atoms with Crippen molar-refractivity contribution in [2.75, 3.05) is 19.8 Å². The fourth-order valence-electron chi connectivity index (χ4n) is 2.57. The topological polar surface area (TPSA) is 38.7 Å². The third kappa shape index (κ3) is 1.69. The van der Waals surface area contributed by atoms with E-state index < -0.39 is 0 Å². The second-order valence-corrected chi connectivity index (χ2v) is 4.62. The van der Waals surface area contributed by atoms with Gasteiger partial charge in [0.25, 0.3) is 0 Å². The first-order valence-electron chi connectivity index (χ1n) is 5.63. The van der Waals surface area contributed by atoms with Gasteiger partial charge in [-0.15, -0.1) is 0 Å². The van der Waals surface area contributed by atoms with Crippen molar-refractivity contribution in [3.63, 3.8) is 0 Å². The Bertz CT molecular complexity index is 175. The Hall–Kier alpha value is -0.120. The van der Waals surface area contributed by atoms with Crippen molar-refractivity contribution in [3.05, 3.63) is 0 Å². The molecule has 1 saturated carbocycles. The number of hydrogen-bond acceptors (Lipinski definition) is 3. The second-order valence-electron chi connectivity index (χ2n) is 4.62. The Balaban J connectivity index is 1.96. The Morgan fingerprint density at radius 1 is 1.07 bits per heavy atom. The zero-order valence-electron chi connectivity index (χ0n) is 8.92. The molecule has 2 fully saturated rings. The van der Waals surface area contributed by atoms with Crippen LogP contribution in [0.3, 0.4) is 0 Å². The summed E-state index contributed by atoms with van der Waals surface area (Å²) in [7, 11) is 0. The highest BCUT2D eigenvalue weighted by Crippen LogP contribution is 2.46. The lowest BCUT2D eigenvalue weighted by Crippen LogP contribution is -2.41. The molecule has 1 spiro atoms. The van der Waals surface area contributed by atoms with Gasteiger partial charge in [-0.3, -0.25) is 0 Å². The van der Waals surface area contributed by atoms with Crippen LogP contribution in [-0.4, -0.2) is 30.7 Å². The normalized spacial score (nSPS) is 29.6. The van der Waals surface area contributed by atoms with E-state index in [4.69, 9.17) is 9.47 Å². The van der Waals surface area contributed by atoms with E-state index in [1.807, 2.05) is 0 Å². The molecule has 2 rings (SSSR count). The van der Waals surface area contributed by atoms with Crippen molar-refractivity contribution in [1.82, 2.24) is 0 Å². The average Bonchev–Trinajstić information content (AvgIpc) is 2.69. The van der Waals surface area contributed by atoms with Crippen LogP contribution < -0.4 is 0 Å². The minimum Gasteiger partial charge on any atom is -0.396 e. The lowest BCUT2D eigenvalue weighted by molar-refractivity contribution is -0.195. The van der Waals surface area contributed by atoms with Gasteiger partial charge in [-0.2, -0.15) is 0 Å². The maximum Gasteiger partial charge on any atom is 0.168 e. The summed E-state index contributed by atoms with van der Waals surface area (Å²) in [5.74, 6) is -0.284. The maximum absolute atomic E-state index is 9.39. The Labute approximate surface area is 85.4 Å². The molecule has 0 unspecified atom stereocenters. The molecule has 0 aromatic carbocycles. The number of aliphatic hydroxyl groups is 1. The summed E-state index contributed by atoms with van der Waals surface area (Å²) >= 11 is 0. The monoisotopic (exact) mass is 200 g/mol. The van der Waals surface area contributed by atoms with Gasteiger partial charge in [-0.1, -0.05) is 6.92 Å². The molecule has 0 amide bonds. The third-order valence-electron chi connectivity index (χ3n) is 3.97. The van der Waals surface area contributed by atoms with Crippen molar-refractivity contribution in [1.29, 1.82) is 0 Å². The number of aliphatic hydroxyl groups excluding tert-OH is 1. The van der Waals surface area contributed by atoms with Gasteiger partial charge in [0.15, 0.2) is 5.79 Å². The van der Waals surface area contributed by atoms with Crippen molar-refractivity contribution in [2.24, 2.45) is 5.41 Å². The van der Waals surface area contributed by atoms with Crippen LogP contribution in [0.25, 0.3) is 0 Å². The molecular weight excluding hydrogens is 180 g/mol. The van der Waals surface area contributed by atoms with Gasteiger partial charge < -0.3 is 14.6 Å². The number of hydrogen-bond donors (Lipinski definition) is 1. The van der Waals surface area contributed by atoms with Crippen LogP contribution in [0, 0.1) is 5.41 Å². The molecule has 3 nitrogen and oxygen atoms in total. The molecule has 14 heavy (non-hydrogen) atoms. The highest BCUT2D eigenvalue weighted by Gasteiger charge is 2.45. The zero-order chi connectivity index (χ0) is 10.1. The van der Waals surface area contributed by atoms with Gasteiger partial charge in [0.05, 0.1) is 13.2 Å². The van der Waals surface area contributed by atoms with E-state index in [2.05, 4.69) is 6.92 Å². The average molecular weight is 200 g/mol. The summed E-state index contributed by atoms with van der Waals surface area (Å²) < 4.78 is 11.3. The van der Waals surface area contributed by atoms with Gasteiger partial charge in [-0.25, -0.2) is 0 Å². The first-order valence-corrected chi connectivity index (χ1v) is 5.63. The number of ether oxygens (including phenoxy) is 2. The molecule has 2 aliphatic rings. The molecule has 1 N–H and O–H groups in total. The summed E-state index contributed by atoms with van der Waals surface area (Å²) in [5.41, 5.74) is 0.139. The van der Waals surface area contributed by atoms with Crippen LogP contribution in [0.5, 0.6) is 0 Å². The lowest BCUT2D eigenvalue weighted by atomic mass is 9.71. The second kappa shape index (κ2) is 3.80. The molecule has 0 aromatic heterocycles. The predicted octanol–water partition coefficient (Wildman–Crippen LogP) is 1.69. The van der Waals surface area contributed by atoms with Crippen LogP contribution in [0.15, 0.2) is 0 Å². The lowest BCUT2D eigenvalue weighted by Gasteiger charge is -2.42. The molecule has 3 heteroatoms. The fourth-order valence-corrected chi connectivity index (χ4v) is 2.57. The Morgan fingerprint density at radius 3 is 2.07 bits per heavy atom. The van der Waals surface area contributed by atoms with E-state index in [9.17, 15) is 5.11 Å². The maximum atomic E-state index is 9.39. The molecular formula is C11H20O3. The summed E-state index contributed by atoms with van der Waals surface area (Å²) in [6, 6.07) is 0. The van der Waals surface area contributed by atoms with Gasteiger partial charge >= 0.3 is 0 Å². The van der Waals surface area contributed by atoms with E-state index in [1.54, 1.807) is 0 Å². The zero-order valence-corrected chi connectivity index (χ0v) is 8.92. The molecule has 82 valence electrons. The summed E-state index contributed by atoms with van der Waals surface area (Å²) in [6.07, 6.45) is 5.00. The van der Waals surface area contributed by atoms with Gasteiger partial charge in [0, 0.05) is 19.4 Å². The van der Waals surface area contributed by atoms with Crippen LogP contribution in [0.2, 0.25) is 0 Å². The predicted molar refractivity (Wildman–Crippen MR) is 52.9 cm³/mol. The standard InChI is InChI=1S/C11H20O3/c1-2-10(9-12)3-5-11(6-4-10)13-7-8-14-11/h12H,2-9H2,1H3. The van der Waals surface area contributed by atoms with Crippen LogP contribution in [0.4, 0.5) is 0 Å². The Kier molecular flexibility index (Phi) is 2.82. The quantitative estimate of drug-likeness (QED) is 0.737. The van der Waals surface area contributed by atoms with Crippen LogP contribution in [-0.2, 0) is 9.47 Å². The Morgan fingerprint density at radius 2 is 1.64 bits per heavy atom. The van der Waals surface area contributed by atoms with E-state index in [1.165, 1.54) is 0 Å². The summed E-state index contributed by atoms with van der Waals surface area (Å²) in [6.45, 7) is 3.93. The SMILES string of the molecule is CCC1(CO)CCC2(CC1)OCCO2. The highest BCUT2D eigenvalue weighted by atomic mass is 16.7. The first kappa shape index (κ1) is 10.4. The van der Waals surface area contributed by atoms with Crippen molar-refractivity contribution in [3.8, 4) is 0 Å². The molecule has 1 aliphatic heterocycles. The largest absolute Gasteiger partial charge is 0.396 e. The minimum absolute atomic E-state index is 0.139. The van der Waals surface area contributed by atoms with Crippen molar-refractivity contribution >= 4 is 0 Å². The molecule has 0 radical (unpaired) electrons. The van der Waals surface area contributed by atoms with Crippen LogP contribution in [0.1, 0.15) is 39.0 Å². The smallest absolute Gasteiger partial charge is 0.168 e. The minimum atomic E-state index is -0.284. The molecule has 0 bridgehead atoms. The van der Waals surface area contributed by atoms with Crippen LogP contribution >= 0.6 is 0 Å². The third-order valence-corrected chi connectivity index (χ3v) is 3.97. The first-order chi connectivity index (χ1) is 6.74. The van der Waals surface area contributed by atoms with Crippen molar-refractivity contribution in [2.45, 2.75) is 44.8 Å². The molecule has 0 atom stereocenters. The van der Waals surface area contributed by atoms with E-state index in [-0.39, 0.29) is 11.2 Å². The summed E-state index contributed by atoms with van der Waals surface area (Å²) in [5, 5.41) is 9.39. The van der Waals surface area contributed by atoms with Crippen molar-refractivity contribution < 1.29 is 14.6 Å². The molecule has 1 heterocycles. The van der Waals surface area contributed by atoms with E-state index in [0.717, 1.165) is 45.3 Å². The number of rotatable bonds is 2. The van der Waals surface area contributed by atoms with Gasteiger partial charge in [-0.05, 0) is 24.7 Å². The molecule has 0 aromatic rings.